The first-order chi connectivity index (χ1) is 14.9. The number of rotatable bonds is 8. The van der Waals surface area contributed by atoms with Crippen LogP contribution in [0.15, 0.2) is 0 Å². The summed E-state index contributed by atoms with van der Waals surface area (Å²) in [7, 11) is 0. The van der Waals surface area contributed by atoms with Gasteiger partial charge in [-0.25, -0.2) is 4.79 Å². The van der Waals surface area contributed by atoms with Gasteiger partial charge in [0.15, 0.2) is 0 Å². The Morgan fingerprint density at radius 3 is 2.31 bits per heavy atom. The first-order valence-electron chi connectivity index (χ1n) is 12.5. The average Bonchev–Trinajstić information content (AvgIpc) is 2.95. The van der Waals surface area contributed by atoms with E-state index in [2.05, 4.69) is 0 Å². The maximum atomic E-state index is 13.3. The summed E-state index contributed by atoms with van der Waals surface area (Å²) in [5.41, 5.74) is -1.60. The van der Waals surface area contributed by atoms with Gasteiger partial charge in [0.2, 0.25) is 0 Å². The van der Waals surface area contributed by atoms with Gasteiger partial charge in [0, 0.05) is 0 Å². The molecule has 0 unspecified atom stereocenters. The first kappa shape index (κ1) is 26.9. The number of hydrogen-bond donors (Lipinski definition) is 1. The Morgan fingerprint density at radius 2 is 1.78 bits per heavy atom. The molecule has 1 saturated carbocycles. The molecule has 4 atom stereocenters. The number of esters is 1. The highest BCUT2D eigenvalue weighted by Crippen LogP contribution is 2.41. The van der Waals surface area contributed by atoms with Crippen LogP contribution < -0.4 is 0 Å². The quantitative estimate of drug-likeness (QED) is 0.516. The SMILES string of the molecule is CCC[C@@H](C(=O)OCC)[C@H](O)[C@@H]1OC(C)(C)N(C(=O)OC(C)(C)C)[C@H]1CC1CCCCC1. The third-order valence-corrected chi connectivity index (χ3v) is 6.54. The van der Waals surface area contributed by atoms with Crippen LogP contribution in [0.25, 0.3) is 0 Å². The van der Waals surface area contributed by atoms with Crippen LogP contribution in [0.5, 0.6) is 0 Å². The molecule has 0 bridgehead atoms. The minimum Gasteiger partial charge on any atom is -0.466 e. The lowest BCUT2D eigenvalue weighted by Crippen LogP contribution is -2.52. The fraction of sp³-hybridized carbons (Fsp3) is 0.920. The molecule has 7 heteroatoms. The minimum absolute atomic E-state index is 0.262. The molecule has 0 aromatic carbocycles. The van der Waals surface area contributed by atoms with Gasteiger partial charge in [-0.3, -0.25) is 9.69 Å². The first-order valence-corrected chi connectivity index (χ1v) is 12.5. The van der Waals surface area contributed by atoms with Crippen LogP contribution >= 0.6 is 0 Å². The van der Waals surface area contributed by atoms with Gasteiger partial charge in [-0.1, -0.05) is 45.4 Å². The molecule has 186 valence electrons. The maximum Gasteiger partial charge on any atom is 0.412 e. The summed E-state index contributed by atoms with van der Waals surface area (Å²) >= 11 is 0. The molecule has 2 rings (SSSR count). The third-order valence-electron chi connectivity index (χ3n) is 6.54. The van der Waals surface area contributed by atoms with Gasteiger partial charge in [0.05, 0.1) is 24.7 Å². The number of nitrogens with zero attached hydrogens (tertiary/aromatic N) is 1. The Hall–Kier alpha value is -1.34. The summed E-state index contributed by atoms with van der Waals surface area (Å²) < 4.78 is 17.3. The highest BCUT2D eigenvalue weighted by Gasteiger charge is 2.55. The van der Waals surface area contributed by atoms with Crippen molar-refractivity contribution < 1.29 is 28.9 Å². The summed E-state index contributed by atoms with van der Waals surface area (Å²) in [5, 5.41) is 11.4. The largest absolute Gasteiger partial charge is 0.466 e. The zero-order valence-corrected chi connectivity index (χ0v) is 21.2. The Bertz CT molecular complexity index is 622. The lowest BCUT2D eigenvalue weighted by molar-refractivity contribution is -0.160. The summed E-state index contributed by atoms with van der Waals surface area (Å²) in [6.45, 7) is 13.2. The second-order valence-electron chi connectivity index (χ2n) is 10.8. The van der Waals surface area contributed by atoms with Gasteiger partial charge in [0.25, 0.3) is 0 Å². The molecule has 2 aliphatic rings. The van der Waals surface area contributed by atoms with Crippen molar-refractivity contribution in [1.82, 2.24) is 4.90 Å². The second-order valence-corrected chi connectivity index (χ2v) is 10.8. The fourth-order valence-corrected chi connectivity index (χ4v) is 5.20. The zero-order chi connectivity index (χ0) is 24.1. The van der Waals surface area contributed by atoms with Gasteiger partial charge in [0.1, 0.15) is 17.4 Å². The van der Waals surface area contributed by atoms with Crippen LogP contribution in [-0.4, -0.2) is 58.3 Å². The van der Waals surface area contributed by atoms with Crippen LogP contribution in [0.3, 0.4) is 0 Å². The molecule has 0 aromatic heterocycles. The molecule has 0 aromatic rings. The Morgan fingerprint density at radius 1 is 1.16 bits per heavy atom. The number of carbonyl (C=O) groups excluding carboxylic acids is 2. The predicted molar refractivity (Wildman–Crippen MR) is 123 cm³/mol. The van der Waals surface area contributed by atoms with Crippen molar-refractivity contribution in [2.45, 2.75) is 129 Å². The van der Waals surface area contributed by atoms with Gasteiger partial charge in [-0.15, -0.1) is 0 Å². The van der Waals surface area contributed by atoms with Crippen molar-refractivity contribution >= 4 is 12.1 Å². The van der Waals surface area contributed by atoms with E-state index < -0.39 is 41.5 Å². The van der Waals surface area contributed by atoms with E-state index in [9.17, 15) is 14.7 Å². The van der Waals surface area contributed by atoms with Crippen molar-refractivity contribution in [1.29, 1.82) is 0 Å². The van der Waals surface area contributed by atoms with Crippen molar-refractivity contribution in [2.24, 2.45) is 11.8 Å². The molecule has 1 amide bonds. The van der Waals surface area contributed by atoms with Crippen LogP contribution in [0.1, 0.15) is 99.8 Å². The number of amides is 1. The van der Waals surface area contributed by atoms with Crippen LogP contribution in [-0.2, 0) is 19.0 Å². The molecule has 0 radical (unpaired) electrons. The zero-order valence-electron chi connectivity index (χ0n) is 21.2. The van der Waals surface area contributed by atoms with Gasteiger partial charge < -0.3 is 19.3 Å². The summed E-state index contributed by atoms with van der Waals surface area (Å²) in [6.07, 6.45) is 5.61. The maximum absolute atomic E-state index is 13.3. The van der Waals surface area contributed by atoms with E-state index in [4.69, 9.17) is 14.2 Å². The average molecular weight is 456 g/mol. The molecular weight excluding hydrogens is 410 g/mol. The third kappa shape index (κ3) is 6.83. The number of carbonyl (C=O) groups is 2. The highest BCUT2D eigenvalue weighted by atomic mass is 16.6. The monoisotopic (exact) mass is 455 g/mol. The molecule has 2 fully saturated rings. The Labute approximate surface area is 194 Å². The van der Waals surface area contributed by atoms with Crippen LogP contribution in [0.2, 0.25) is 0 Å². The van der Waals surface area contributed by atoms with Gasteiger partial charge >= 0.3 is 12.1 Å². The van der Waals surface area contributed by atoms with E-state index in [1.54, 1.807) is 11.8 Å². The molecule has 1 heterocycles. The van der Waals surface area contributed by atoms with E-state index in [0.29, 0.717) is 12.3 Å². The summed E-state index contributed by atoms with van der Waals surface area (Å²) in [4.78, 5) is 27.6. The number of aliphatic hydroxyl groups excluding tert-OH is 1. The fourth-order valence-electron chi connectivity index (χ4n) is 5.20. The molecule has 1 saturated heterocycles. The van der Waals surface area contributed by atoms with E-state index in [1.807, 2.05) is 41.5 Å². The van der Waals surface area contributed by atoms with E-state index in [1.165, 1.54) is 19.3 Å². The van der Waals surface area contributed by atoms with Gasteiger partial charge in [-0.05, 0) is 60.3 Å². The smallest absolute Gasteiger partial charge is 0.412 e. The molecule has 32 heavy (non-hydrogen) atoms. The lowest BCUT2D eigenvalue weighted by Gasteiger charge is -2.37. The van der Waals surface area contributed by atoms with Crippen LogP contribution in [0, 0.1) is 11.8 Å². The standard InChI is InChI=1S/C25H45NO6/c1-8-13-18(22(28)30-9-2)20(27)21-19(16-17-14-11-10-12-15-17)26(25(6,7)31-21)23(29)32-24(3,4)5/h17-21,27H,8-16H2,1-7H3/t18-,19+,20+,21-/m1/s1. The van der Waals surface area contributed by atoms with Crippen molar-refractivity contribution in [3.63, 3.8) is 0 Å². The van der Waals surface area contributed by atoms with E-state index in [0.717, 1.165) is 25.7 Å². The number of hydrogen-bond acceptors (Lipinski definition) is 6. The highest BCUT2D eigenvalue weighted by molar-refractivity contribution is 5.73. The Kier molecular flexibility index (Phi) is 9.41. The molecule has 1 aliphatic heterocycles. The molecule has 1 aliphatic carbocycles. The molecule has 1 N–H and O–H groups in total. The van der Waals surface area contributed by atoms with Crippen molar-refractivity contribution in [2.75, 3.05) is 6.61 Å². The normalized spacial score (nSPS) is 25.9. The predicted octanol–water partition coefficient (Wildman–Crippen LogP) is 5.04. The molecule has 0 spiro atoms. The molecular formula is C25H45NO6. The number of ether oxygens (including phenoxy) is 3. The molecule has 7 nitrogen and oxygen atoms in total. The lowest BCUT2D eigenvalue weighted by atomic mass is 9.81. The van der Waals surface area contributed by atoms with Gasteiger partial charge in [-0.2, -0.15) is 0 Å². The topological polar surface area (TPSA) is 85.3 Å². The summed E-state index contributed by atoms with van der Waals surface area (Å²) in [5.74, 6) is -0.637. The Balaban J connectivity index is 2.37. The van der Waals surface area contributed by atoms with Crippen molar-refractivity contribution in [3.05, 3.63) is 0 Å². The van der Waals surface area contributed by atoms with E-state index >= 15 is 0 Å². The van der Waals surface area contributed by atoms with Crippen LogP contribution in [0.4, 0.5) is 4.79 Å². The summed E-state index contributed by atoms with van der Waals surface area (Å²) in [6, 6.07) is -0.369. The van der Waals surface area contributed by atoms with E-state index in [-0.39, 0.29) is 12.6 Å². The second kappa shape index (κ2) is 11.2. The number of aliphatic hydroxyl groups is 1. The van der Waals surface area contributed by atoms with Crippen molar-refractivity contribution in [3.8, 4) is 0 Å². The minimum atomic E-state index is -1.06.